The minimum atomic E-state index is 0.149. The number of thiazole rings is 1. The highest BCUT2D eigenvalue weighted by molar-refractivity contribution is 7.22. The lowest BCUT2D eigenvalue weighted by Crippen LogP contribution is -2.36. The number of amides is 1. The van der Waals surface area contributed by atoms with Crippen molar-refractivity contribution in [2.24, 2.45) is 0 Å². The fraction of sp³-hybridized carbons (Fsp3) is 0.300. The van der Waals surface area contributed by atoms with Crippen LogP contribution in [0.2, 0.25) is 0 Å². The molecule has 2 aromatic heterocycles. The van der Waals surface area contributed by atoms with Gasteiger partial charge in [-0.3, -0.25) is 4.79 Å². The summed E-state index contributed by atoms with van der Waals surface area (Å²) in [6, 6.07) is 14.8. The van der Waals surface area contributed by atoms with E-state index < -0.39 is 0 Å². The van der Waals surface area contributed by atoms with Crippen LogP contribution in [0.25, 0.3) is 9.88 Å². The molecule has 0 radical (unpaired) electrons. The molecule has 0 saturated carbocycles. The molecule has 1 aliphatic rings. The van der Waals surface area contributed by atoms with Gasteiger partial charge in [-0.05, 0) is 43.2 Å². The van der Waals surface area contributed by atoms with Crippen molar-refractivity contribution in [1.29, 1.82) is 0 Å². The predicted octanol–water partition coefficient (Wildman–Crippen LogP) is 5.03. The number of nitrogens with zero attached hydrogens (tertiary/aromatic N) is 2. The van der Waals surface area contributed by atoms with Crippen LogP contribution < -0.4 is 0 Å². The molecule has 1 amide bonds. The maximum Gasteiger partial charge on any atom is 0.266 e. The van der Waals surface area contributed by atoms with Crippen LogP contribution >= 0.6 is 22.7 Å². The SMILES string of the molecule is Cc1nc(-c2cccs2)sc1C(=O)N1CCC[C@@H]1Cc1ccccc1. The van der Waals surface area contributed by atoms with Gasteiger partial charge in [-0.25, -0.2) is 4.98 Å². The third kappa shape index (κ3) is 3.39. The van der Waals surface area contributed by atoms with Crippen molar-refractivity contribution in [2.75, 3.05) is 6.54 Å². The normalized spacial score (nSPS) is 17.2. The van der Waals surface area contributed by atoms with Crippen LogP contribution in [-0.4, -0.2) is 28.4 Å². The van der Waals surface area contributed by atoms with Gasteiger partial charge >= 0.3 is 0 Å². The van der Waals surface area contributed by atoms with Gasteiger partial charge in [0.1, 0.15) is 9.88 Å². The average molecular weight is 369 g/mol. The highest BCUT2D eigenvalue weighted by Crippen LogP contribution is 2.33. The Morgan fingerprint density at radius 2 is 2.08 bits per heavy atom. The molecule has 0 aliphatic carbocycles. The van der Waals surface area contributed by atoms with E-state index >= 15 is 0 Å². The summed E-state index contributed by atoms with van der Waals surface area (Å²) in [6.45, 7) is 2.80. The second-order valence-electron chi connectivity index (χ2n) is 6.40. The molecule has 128 valence electrons. The second-order valence-corrected chi connectivity index (χ2v) is 8.34. The first-order chi connectivity index (χ1) is 12.2. The zero-order valence-corrected chi connectivity index (χ0v) is 15.8. The first-order valence-electron chi connectivity index (χ1n) is 8.58. The Morgan fingerprint density at radius 3 is 2.84 bits per heavy atom. The van der Waals surface area contributed by atoms with Crippen LogP contribution in [0.5, 0.6) is 0 Å². The molecule has 0 N–H and O–H groups in total. The van der Waals surface area contributed by atoms with Crippen molar-refractivity contribution in [3.63, 3.8) is 0 Å². The minimum Gasteiger partial charge on any atom is -0.335 e. The molecule has 4 rings (SSSR count). The summed E-state index contributed by atoms with van der Waals surface area (Å²) in [4.78, 5) is 21.8. The van der Waals surface area contributed by atoms with Crippen molar-refractivity contribution in [3.05, 3.63) is 64.0 Å². The zero-order chi connectivity index (χ0) is 17.2. The minimum absolute atomic E-state index is 0.149. The molecule has 1 atom stereocenters. The Kier molecular flexibility index (Phi) is 4.68. The van der Waals surface area contributed by atoms with Gasteiger partial charge in [0.15, 0.2) is 0 Å². The van der Waals surface area contributed by atoms with Crippen LogP contribution in [0, 0.1) is 6.92 Å². The lowest BCUT2D eigenvalue weighted by molar-refractivity contribution is 0.0740. The maximum atomic E-state index is 13.2. The third-order valence-electron chi connectivity index (χ3n) is 4.67. The van der Waals surface area contributed by atoms with E-state index in [9.17, 15) is 4.79 Å². The zero-order valence-electron chi connectivity index (χ0n) is 14.1. The van der Waals surface area contributed by atoms with Crippen LogP contribution in [0.15, 0.2) is 47.8 Å². The Bertz CT molecular complexity index is 855. The maximum absolute atomic E-state index is 13.2. The van der Waals surface area contributed by atoms with Crippen molar-refractivity contribution in [3.8, 4) is 9.88 Å². The van der Waals surface area contributed by atoms with Crippen LogP contribution in [0.4, 0.5) is 0 Å². The number of rotatable bonds is 4. The van der Waals surface area contributed by atoms with Gasteiger partial charge in [-0.2, -0.15) is 0 Å². The molecule has 0 unspecified atom stereocenters. The smallest absolute Gasteiger partial charge is 0.266 e. The molecule has 1 saturated heterocycles. The quantitative estimate of drug-likeness (QED) is 0.647. The largest absolute Gasteiger partial charge is 0.335 e. The van der Waals surface area contributed by atoms with Gasteiger partial charge in [-0.1, -0.05) is 36.4 Å². The van der Waals surface area contributed by atoms with Crippen LogP contribution in [0.1, 0.15) is 33.8 Å². The molecule has 0 spiro atoms. The van der Waals surface area contributed by atoms with E-state index in [-0.39, 0.29) is 5.91 Å². The van der Waals surface area contributed by atoms with Crippen molar-refractivity contribution in [1.82, 2.24) is 9.88 Å². The topological polar surface area (TPSA) is 33.2 Å². The standard InChI is InChI=1S/C20H20N2OS2/c1-14-18(25-19(21-14)17-10-6-12-24-17)20(23)22-11-5-9-16(22)13-15-7-3-2-4-8-15/h2-4,6-8,10,12,16H,5,9,11,13H2,1H3/t16-/m1/s1. The summed E-state index contributed by atoms with van der Waals surface area (Å²) < 4.78 is 0. The molecule has 1 fully saturated rings. The predicted molar refractivity (Wildman–Crippen MR) is 104 cm³/mol. The number of hydrogen-bond acceptors (Lipinski definition) is 4. The van der Waals surface area contributed by atoms with Crippen molar-refractivity contribution < 1.29 is 4.79 Å². The first-order valence-corrected chi connectivity index (χ1v) is 10.3. The van der Waals surface area contributed by atoms with E-state index in [1.165, 1.54) is 16.9 Å². The van der Waals surface area contributed by atoms with E-state index in [2.05, 4.69) is 40.2 Å². The van der Waals surface area contributed by atoms with Gasteiger partial charge in [0, 0.05) is 12.6 Å². The lowest BCUT2D eigenvalue weighted by Gasteiger charge is -2.24. The highest BCUT2D eigenvalue weighted by Gasteiger charge is 2.31. The van der Waals surface area contributed by atoms with E-state index in [0.29, 0.717) is 6.04 Å². The Hall–Kier alpha value is -1.98. The van der Waals surface area contributed by atoms with Gasteiger partial charge < -0.3 is 4.90 Å². The lowest BCUT2D eigenvalue weighted by atomic mass is 10.0. The average Bonchev–Trinajstić information content (AvgIpc) is 3.35. The van der Waals surface area contributed by atoms with E-state index in [1.807, 2.05) is 24.4 Å². The molecule has 1 aromatic carbocycles. The number of carbonyl (C=O) groups is 1. The summed E-state index contributed by atoms with van der Waals surface area (Å²) in [6.07, 6.45) is 3.09. The Labute approximate surface area is 156 Å². The number of aromatic nitrogens is 1. The van der Waals surface area contributed by atoms with E-state index in [1.54, 1.807) is 11.3 Å². The summed E-state index contributed by atoms with van der Waals surface area (Å²) in [5, 5.41) is 3.00. The van der Waals surface area contributed by atoms with Gasteiger partial charge in [-0.15, -0.1) is 22.7 Å². The number of aryl methyl sites for hydroxylation is 1. The summed E-state index contributed by atoms with van der Waals surface area (Å²) in [5.41, 5.74) is 2.15. The number of likely N-dealkylation sites (tertiary alicyclic amines) is 1. The fourth-order valence-corrected chi connectivity index (χ4v) is 5.25. The molecule has 0 bridgehead atoms. The molecule has 3 heterocycles. The van der Waals surface area contributed by atoms with Crippen molar-refractivity contribution >= 4 is 28.6 Å². The Balaban J connectivity index is 1.55. The van der Waals surface area contributed by atoms with E-state index in [4.69, 9.17) is 0 Å². The summed E-state index contributed by atoms with van der Waals surface area (Å²) in [5.74, 6) is 0.149. The van der Waals surface area contributed by atoms with Crippen LogP contribution in [-0.2, 0) is 6.42 Å². The molecular formula is C20H20N2OS2. The van der Waals surface area contributed by atoms with E-state index in [0.717, 1.165) is 46.3 Å². The summed E-state index contributed by atoms with van der Waals surface area (Å²) in [7, 11) is 0. The highest BCUT2D eigenvalue weighted by atomic mass is 32.1. The molecule has 25 heavy (non-hydrogen) atoms. The first kappa shape index (κ1) is 16.5. The van der Waals surface area contributed by atoms with Gasteiger partial charge in [0.25, 0.3) is 5.91 Å². The fourth-order valence-electron chi connectivity index (χ4n) is 3.43. The third-order valence-corrected chi connectivity index (χ3v) is 6.86. The summed E-state index contributed by atoms with van der Waals surface area (Å²) >= 11 is 3.20. The Morgan fingerprint density at radius 1 is 1.24 bits per heavy atom. The number of carbonyl (C=O) groups excluding carboxylic acids is 1. The molecule has 3 nitrogen and oxygen atoms in total. The molecule has 1 aliphatic heterocycles. The number of hydrogen-bond donors (Lipinski definition) is 0. The van der Waals surface area contributed by atoms with Gasteiger partial charge in [0.2, 0.25) is 0 Å². The number of benzene rings is 1. The van der Waals surface area contributed by atoms with Gasteiger partial charge in [0.05, 0.1) is 10.6 Å². The second kappa shape index (κ2) is 7.10. The van der Waals surface area contributed by atoms with Crippen LogP contribution in [0.3, 0.4) is 0 Å². The monoisotopic (exact) mass is 368 g/mol. The van der Waals surface area contributed by atoms with Crippen molar-refractivity contribution in [2.45, 2.75) is 32.2 Å². The molecule has 5 heteroatoms. The molecular weight excluding hydrogens is 348 g/mol. The molecule has 3 aromatic rings. The number of thiophene rings is 1.